The summed E-state index contributed by atoms with van der Waals surface area (Å²) in [7, 11) is 0. The Kier molecular flexibility index (Phi) is 8.00. The highest BCUT2D eigenvalue weighted by Crippen LogP contribution is 2.37. The van der Waals surface area contributed by atoms with E-state index in [1.807, 2.05) is 0 Å². The fourth-order valence-corrected chi connectivity index (χ4v) is 4.92. The lowest BCUT2D eigenvalue weighted by Crippen LogP contribution is -2.64. The van der Waals surface area contributed by atoms with E-state index < -0.39 is 0 Å². The zero-order chi connectivity index (χ0) is 21.6. The Labute approximate surface area is 179 Å². The average molecular weight is 419 g/mol. The van der Waals surface area contributed by atoms with E-state index >= 15 is 0 Å². The first-order valence-electron chi connectivity index (χ1n) is 11.4. The quantitative estimate of drug-likeness (QED) is 0.568. The van der Waals surface area contributed by atoms with Crippen LogP contribution < -0.4 is 0 Å². The van der Waals surface area contributed by atoms with Crippen molar-refractivity contribution in [2.45, 2.75) is 70.4 Å². The maximum Gasteiger partial charge on any atom is 0.248 e. The topological polar surface area (TPSA) is 49.9 Å². The predicted molar refractivity (Wildman–Crippen MR) is 115 cm³/mol. The molecule has 1 aromatic carbocycles. The van der Waals surface area contributed by atoms with E-state index in [1.54, 1.807) is 12.1 Å². The zero-order valence-electron chi connectivity index (χ0n) is 18.4. The van der Waals surface area contributed by atoms with E-state index in [9.17, 15) is 14.0 Å². The Bertz CT molecular complexity index is 714. The number of amides is 1. The van der Waals surface area contributed by atoms with Crippen molar-refractivity contribution in [3.8, 4) is 0 Å². The van der Waals surface area contributed by atoms with Crippen molar-refractivity contribution in [3.63, 3.8) is 0 Å². The monoisotopic (exact) mass is 418 g/mol. The molecule has 0 aromatic heterocycles. The van der Waals surface area contributed by atoms with Crippen molar-refractivity contribution < 1.29 is 18.7 Å². The average Bonchev–Trinajstić information content (AvgIpc) is 2.76. The standard InChI is InChI=1S/C24H35FN2O3/c1-3-5-15-27-22(4-2)24(30-18-23(27)29)12-16-26(17-13-24)14-6-7-21(28)19-8-10-20(25)11-9-19/h8-11,22H,3-7,12-18H2,1-2H3. The highest BCUT2D eigenvalue weighted by Gasteiger charge is 2.48. The van der Waals surface area contributed by atoms with Gasteiger partial charge in [-0.1, -0.05) is 20.3 Å². The Morgan fingerprint density at radius 3 is 2.47 bits per heavy atom. The largest absolute Gasteiger partial charge is 0.363 e. The normalized spacial score (nSPS) is 21.9. The van der Waals surface area contributed by atoms with Crippen LogP contribution >= 0.6 is 0 Å². The minimum absolute atomic E-state index is 0.0650. The summed E-state index contributed by atoms with van der Waals surface area (Å²) in [6.07, 6.45) is 6.15. The van der Waals surface area contributed by atoms with Gasteiger partial charge in [-0.3, -0.25) is 9.59 Å². The minimum Gasteiger partial charge on any atom is -0.363 e. The number of hydrogen-bond donors (Lipinski definition) is 0. The lowest BCUT2D eigenvalue weighted by atomic mass is 9.80. The van der Waals surface area contributed by atoms with Crippen molar-refractivity contribution in [2.24, 2.45) is 0 Å². The molecule has 2 heterocycles. The Morgan fingerprint density at radius 1 is 1.13 bits per heavy atom. The SMILES string of the molecule is CCCCN1C(=O)COC2(CCN(CCCC(=O)c3ccc(F)cc3)CC2)C1CC. The molecule has 2 saturated heterocycles. The van der Waals surface area contributed by atoms with Crippen LogP contribution in [0, 0.1) is 5.82 Å². The van der Waals surface area contributed by atoms with Gasteiger partial charge in [0, 0.05) is 31.6 Å². The molecule has 0 radical (unpaired) electrons. The third-order valence-corrected chi connectivity index (χ3v) is 6.67. The highest BCUT2D eigenvalue weighted by molar-refractivity contribution is 5.95. The number of Topliss-reactive ketones (excluding diaryl/α,β-unsaturated/α-hetero) is 1. The molecule has 166 valence electrons. The van der Waals surface area contributed by atoms with Crippen molar-refractivity contribution in [1.82, 2.24) is 9.80 Å². The van der Waals surface area contributed by atoms with E-state index in [2.05, 4.69) is 23.6 Å². The molecule has 2 aliphatic heterocycles. The van der Waals surface area contributed by atoms with Crippen LogP contribution in [0.3, 0.4) is 0 Å². The molecule has 1 unspecified atom stereocenters. The summed E-state index contributed by atoms with van der Waals surface area (Å²) in [5.74, 6) is -0.128. The lowest BCUT2D eigenvalue weighted by molar-refractivity contribution is -0.189. The molecular weight excluding hydrogens is 383 g/mol. The third kappa shape index (κ3) is 5.27. The van der Waals surface area contributed by atoms with Crippen LogP contribution in [-0.2, 0) is 9.53 Å². The van der Waals surface area contributed by atoms with E-state index in [-0.39, 0.29) is 35.8 Å². The number of piperidine rings is 1. The first-order chi connectivity index (χ1) is 14.5. The second-order valence-electron chi connectivity index (χ2n) is 8.59. The summed E-state index contributed by atoms with van der Waals surface area (Å²) in [4.78, 5) is 29.2. The maximum absolute atomic E-state index is 13.0. The molecule has 2 fully saturated rings. The van der Waals surface area contributed by atoms with Crippen LogP contribution in [0.5, 0.6) is 0 Å². The fraction of sp³-hybridized carbons (Fsp3) is 0.667. The van der Waals surface area contributed by atoms with Gasteiger partial charge in [0.25, 0.3) is 0 Å². The number of carbonyl (C=O) groups is 2. The number of morpholine rings is 1. The summed E-state index contributed by atoms with van der Waals surface area (Å²) >= 11 is 0. The van der Waals surface area contributed by atoms with Gasteiger partial charge < -0.3 is 14.5 Å². The molecule has 3 rings (SSSR count). The highest BCUT2D eigenvalue weighted by atomic mass is 19.1. The first kappa shape index (κ1) is 22.9. The fourth-order valence-electron chi connectivity index (χ4n) is 4.92. The van der Waals surface area contributed by atoms with Crippen molar-refractivity contribution in [3.05, 3.63) is 35.6 Å². The van der Waals surface area contributed by atoms with Crippen molar-refractivity contribution in [2.75, 3.05) is 32.8 Å². The summed E-state index contributed by atoms with van der Waals surface area (Å²) in [6, 6.07) is 5.94. The summed E-state index contributed by atoms with van der Waals surface area (Å²) in [5, 5.41) is 0. The minimum atomic E-state index is -0.320. The Hall–Kier alpha value is -1.79. The Balaban J connectivity index is 1.49. The Morgan fingerprint density at radius 2 is 1.83 bits per heavy atom. The van der Waals surface area contributed by atoms with Crippen LogP contribution in [0.1, 0.15) is 69.2 Å². The summed E-state index contributed by atoms with van der Waals surface area (Å²) in [6.45, 7) is 8.06. The number of rotatable bonds is 9. The van der Waals surface area contributed by atoms with E-state index in [4.69, 9.17) is 4.74 Å². The third-order valence-electron chi connectivity index (χ3n) is 6.67. The van der Waals surface area contributed by atoms with Crippen molar-refractivity contribution >= 4 is 11.7 Å². The second kappa shape index (κ2) is 10.5. The van der Waals surface area contributed by atoms with Crippen molar-refractivity contribution in [1.29, 1.82) is 0 Å². The number of carbonyl (C=O) groups excluding carboxylic acids is 2. The van der Waals surface area contributed by atoms with E-state index in [1.165, 1.54) is 12.1 Å². The summed E-state index contributed by atoms with van der Waals surface area (Å²) < 4.78 is 19.2. The summed E-state index contributed by atoms with van der Waals surface area (Å²) in [5.41, 5.74) is 0.351. The van der Waals surface area contributed by atoms with Crippen LogP contribution in [0.25, 0.3) is 0 Å². The number of halogens is 1. The van der Waals surface area contributed by atoms with Gasteiger partial charge in [-0.15, -0.1) is 0 Å². The molecule has 6 heteroatoms. The smallest absolute Gasteiger partial charge is 0.248 e. The van der Waals surface area contributed by atoms with E-state index in [0.29, 0.717) is 12.0 Å². The van der Waals surface area contributed by atoms with Gasteiger partial charge in [0.05, 0.1) is 11.6 Å². The van der Waals surface area contributed by atoms with Gasteiger partial charge in [-0.05, 0) is 62.9 Å². The van der Waals surface area contributed by atoms with Gasteiger partial charge in [0.15, 0.2) is 5.78 Å². The molecule has 30 heavy (non-hydrogen) atoms. The molecule has 1 amide bonds. The molecule has 0 N–H and O–H groups in total. The van der Waals surface area contributed by atoms with Gasteiger partial charge in [-0.2, -0.15) is 0 Å². The van der Waals surface area contributed by atoms with Gasteiger partial charge >= 0.3 is 0 Å². The molecular formula is C24H35FN2O3. The zero-order valence-corrected chi connectivity index (χ0v) is 18.4. The first-order valence-corrected chi connectivity index (χ1v) is 11.4. The molecule has 1 atom stereocenters. The number of ether oxygens (including phenoxy) is 1. The predicted octanol–water partition coefficient (Wildman–Crippen LogP) is 4.06. The lowest BCUT2D eigenvalue weighted by Gasteiger charge is -2.52. The van der Waals surface area contributed by atoms with Gasteiger partial charge in [0.1, 0.15) is 12.4 Å². The molecule has 0 aliphatic carbocycles. The number of unbranched alkanes of at least 4 members (excludes halogenated alkanes) is 1. The molecule has 0 saturated carbocycles. The molecule has 0 bridgehead atoms. The van der Waals surface area contributed by atoms with E-state index in [0.717, 1.165) is 64.7 Å². The molecule has 5 nitrogen and oxygen atoms in total. The number of benzene rings is 1. The number of likely N-dealkylation sites (tertiary alicyclic amines) is 1. The molecule has 2 aliphatic rings. The maximum atomic E-state index is 13.0. The number of ketones is 1. The number of nitrogens with zero attached hydrogens (tertiary/aromatic N) is 2. The van der Waals surface area contributed by atoms with Crippen LogP contribution in [0.15, 0.2) is 24.3 Å². The molecule has 1 aromatic rings. The van der Waals surface area contributed by atoms with Crippen LogP contribution in [0.2, 0.25) is 0 Å². The van der Waals surface area contributed by atoms with Gasteiger partial charge in [-0.25, -0.2) is 4.39 Å². The van der Waals surface area contributed by atoms with Gasteiger partial charge in [0.2, 0.25) is 5.91 Å². The second-order valence-corrected chi connectivity index (χ2v) is 8.59. The molecule has 1 spiro atoms. The van der Waals surface area contributed by atoms with Crippen LogP contribution in [0.4, 0.5) is 4.39 Å². The number of hydrogen-bond acceptors (Lipinski definition) is 4. The van der Waals surface area contributed by atoms with Crippen LogP contribution in [-0.4, -0.2) is 65.9 Å².